The summed E-state index contributed by atoms with van der Waals surface area (Å²) in [6.45, 7) is 2.74. The molecule has 42 heavy (non-hydrogen) atoms. The third-order valence-corrected chi connectivity index (χ3v) is 8.06. The van der Waals surface area contributed by atoms with Gasteiger partial charge < -0.3 is 50.9 Å². The number of thioether (sulfide) groups is 1. The monoisotopic (exact) mass is 629 g/mol. The summed E-state index contributed by atoms with van der Waals surface area (Å²) >= 11 is 2.11. The van der Waals surface area contributed by atoms with Crippen LogP contribution in [-0.4, -0.2) is 125 Å². The van der Waals surface area contributed by atoms with Gasteiger partial charge in [0.25, 0.3) is 11.8 Å². The summed E-state index contributed by atoms with van der Waals surface area (Å²) in [5.74, 6) is -5.93. The van der Waals surface area contributed by atoms with E-state index in [0.717, 1.165) is 28.0 Å². The maximum Gasteiger partial charge on any atom is 0.357 e. The highest BCUT2D eigenvalue weighted by Gasteiger charge is 2.55. The van der Waals surface area contributed by atoms with Gasteiger partial charge in [0.2, 0.25) is 12.9 Å². The molecule has 0 aliphatic carbocycles. The number of fused-ring (bicyclic) bond motifs is 1. The fraction of sp³-hybridized carbons (Fsp3) is 0.409. The van der Waals surface area contributed by atoms with Gasteiger partial charge in [0, 0.05) is 11.1 Å². The van der Waals surface area contributed by atoms with Gasteiger partial charge in [0.1, 0.15) is 41.1 Å². The third-order valence-electron chi connectivity index (χ3n) is 6.08. The minimum absolute atomic E-state index is 0.0450. The lowest BCUT2D eigenvalue weighted by Crippen LogP contribution is -2.71. The number of hydrogen-bond acceptors (Lipinski definition) is 16. The van der Waals surface area contributed by atoms with Crippen molar-refractivity contribution < 1.29 is 63.8 Å². The molecule has 5 unspecified atom stereocenters. The number of nitrogen functional groups attached to an aromatic ring is 1. The maximum absolute atomic E-state index is 13.2. The first kappa shape index (κ1) is 30.9. The Labute approximate surface area is 243 Å². The molecule has 0 aromatic carbocycles. The lowest BCUT2D eigenvalue weighted by atomic mass is 9.99. The second kappa shape index (κ2) is 12.4. The van der Waals surface area contributed by atoms with Gasteiger partial charge in [-0.15, -0.1) is 23.1 Å². The molecule has 3 aliphatic rings. The van der Waals surface area contributed by atoms with Crippen LogP contribution in [-0.2, 0) is 38.3 Å². The molecule has 226 valence electrons. The zero-order valence-electron chi connectivity index (χ0n) is 21.1. The van der Waals surface area contributed by atoms with E-state index >= 15 is 0 Å². The highest BCUT2D eigenvalue weighted by molar-refractivity contribution is 8.00. The maximum atomic E-state index is 13.2. The van der Waals surface area contributed by atoms with Crippen molar-refractivity contribution in [3.8, 4) is 0 Å². The number of nitrogens with zero attached hydrogens (tertiary/aromatic N) is 3. The van der Waals surface area contributed by atoms with E-state index in [2.05, 4.69) is 26.9 Å². The van der Waals surface area contributed by atoms with Crippen LogP contribution in [0.5, 0.6) is 0 Å². The second-order valence-electron chi connectivity index (χ2n) is 8.76. The van der Waals surface area contributed by atoms with E-state index in [0.29, 0.717) is 0 Å². The number of aromatic nitrogens is 1. The molecule has 3 aliphatic heterocycles. The summed E-state index contributed by atoms with van der Waals surface area (Å²) < 4.78 is 10.1. The summed E-state index contributed by atoms with van der Waals surface area (Å²) in [6, 6.07) is -1.21. The average molecular weight is 630 g/mol. The van der Waals surface area contributed by atoms with Gasteiger partial charge in [-0.1, -0.05) is 17.8 Å². The van der Waals surface area contributed by atoms with Gasteiger partial charge in [-0.3, -0.25) is 14.5 Å². The molecule has 0 radical (unpaired) electrons. The van der Waals surface area contributed by atoms with Gasteiger partial charge in [0.15, 0.2) is 16.9 Å². The number of esters is 1. The lowest BCUT2D eigenvalue weighted by Gasteiger charge is -2.49. The number of nitrogens with one attached hydrogen (secondary N) is 1. The second-order valence-corrected chi connectivity index (χ2v) is 10.8. The quantitative estimate of drug-likeness (QED) is 0.0581. The van der Waals surface area contributed by atoms with Crippen molar-refractivity contribution in [1.29, 1.82) is 0 Å². The highest BCUT2D eigenvalue weighted by atomic mass is 32.2. The summed E-state index contributed by atoms with van der Waals surface area (Å²) in [6.07, 6.45) is -8.86. The number of ether oxygens (including phenoxy) is 2. The first-order valence-electron chi connectivity index (χ1n) is 11.7. The number of allylic oxidation sites excluding steroid dienone is 1. The predicted molar refractivity (Wildman–Crippen MR) is 139 cm³/mol. The van der Waals surface area contributed by atoms with Crippen LogP contribution >= 0.6 is 23.1 Å². The van der Waals surface area contributed by atoms with Crippen LogP contribution in [0.2, 0.25) is 0 Å². The number of amides is 2. The van der Waals surface area contributed by atoms with E-state index in [1.54, 1.807) is 0 Å². The van der Waals surface area contributed by atoms with Crippen LogP contribution in [0.15, 0.2) is 34.5 Å². The molecule has 4 rings (SSSR count). The molecule has 7 atom stereocenters. The molecule has 1 aromatic heterocycles. The van der Waals surface area contributed by atoms with Crippen molar-refractivity contribution in [1.82, 2.24) is 15.2 Å². The van der Waals surface area contributed by atoms with Crippen LogP contribution in [0.4, 0.5) is 5.13 Å². The Hall–Kier alpha value is -4.08. The van der Waals surface area contributed by atoms with Crippen LogP contribution in [0.3, 0.4) is 0 Å². The molecule has 20 heteroatoms. The van der Waals surface area contributed by atoms with Gasteiger partial charge in [-0.25, -0.2) is 19.4 Å². The number of rotatable bonds is 10. The van der Waals surface area contributed by atoms with Gasteiger partial charge in [0.05, 0.1) is 0 Å². The van der Waals surface area contributed by atoms with E-state index < -0.39 is 84.2 Å². The number of aliphatic hydroxyl groups excluding tert-OH is 3. The number of aliphatic hydroxyl groups is 3. The van der Waals surface area contributed by atoms with Gasteiger partial charge in [-0.05, 0) is 5.57 Å². The Morgan fingerprint density at radius 2 is 1.95 bits per heavy atom. The normalized spacial score (nSPS) is 29.2. The number of carboxylic acid groups (broad SMARTS) is 2. The summed E-state index contributed by atoms with van der Waals surface area (Å²) in [5.41, 5.74) is 4.99. The molecular formula is C22H23N5O13S2. The molecule has 2 fully saturated rings. The minimum Gasteiger partial charge on any atom is -0.479 e. The van der Waals surface area contributed by atoms with Crippen LogP contribution in [0.25, 0.3) is 0 Å². The number of nitrogens with two attached hydrogens (primary N) is 1. The molecule has 4 heterocycles. The Bertz CT molecular complexity index is 1380. The van der Waals surface area contributed by atoms with Crippen LogP contribution in [0, 0.1) is 0 Å². The molecule has 18 nitrogen and oxygen atoms in total. The Morgan fingerprint density at radius 1 is 1.24 bits per heavy atom. The molecule has 0 bridgehead atoms. The fourth-order valence-electron chi connectivity index (χ4n) is 4.06. The lowest BCUT2D eigenvalue weighted by molar-refractivity contribution is -0.285. The smallest absolute Gasteiger partial charge is 0.357 e. The van der Waals surface area contributed by atoms with E-state index in [9.17, 15) is 44.4 Å². The summed E-state index contributed by atoms with van der Waals surface area (Å²) in [5, 5.41) is 54.6. The molecular weight excluding hydrogens is 606 g/mol. The van der Waals surface area contributed by atoms with Gasteiger partial charge in [-0.2, -0.15) is 0 Å². The van der Waals surface area contributed by atoms with E-state index in [1.807, 2.05) is 0 Å². The number of aliphatic carboxylic acids is 2. The summed E-state index contributed by atoms with van der Waals surface area (Å²) in [7, 11) is 0. The third kappa shape index (κ3) is 5.93. The van der Waals surface area contributed by atoms with Crippen molar-refractivity contribution in [2.45, 2.75) is 42.1 Å². The van der Waals surface area contributed by atoms with E-state index in [-0.39, 0.29) is 27.8 Å². The first-order chi connectivity index (χ1) is 19.8. The average Bonchev–Trinajstić information content (AvgIpc) is 3.38. The Balaban J connectivity index is 1.51. The molecule has 0 spiro atoms. The van der Waals surface area contributed by atoms with Crippen molar-refractivity contribution in [2.24, 2.45) is 5.16 Å². The summed E-state index contributed by atoms with van der Waals surface area (Å²) in [4.78, 5) is 71.1. The van der Waals surface area contributed by atoms with Gasteiger partial charge >= 0.3 is 17.9 Å². The topological polar surface area (TPSA) is 281 Å². The van der Waals surface area contributed by atoms with Crippen molar-refractivity contribution in [2.75, 3.05) is 18.1 Å². The number of thiazole rings is 1. The van der Waals surface area contributed by atoms with E-state index in [1.165, 1.54) is 11.5 Å². The predicted octanol–water partition coefficient (Wildman–Crippen LogP) is -3.19. The SMILES string of the molecule is C=CC1=C(C(=O)OC2OC(C(=O)O)C(O)C(O)C2O)N2C(=O)[C@@H](NC(=O)/C(=N\OCC(=O)O)c3csc(N)n3)[C@H]2SC1. The Kier molecular flexibility index (Phi) is 9.13. The van der Waals surface area contributed by atoms with Crippen molar-refractivity contribution in [3.05, 3.63) is 35.0 Å². The highest BCUT2D eigenvalue weighted by Crippen LogP contribution is 2.41. The number of hydrogen-bond donors (Lipinski definition) is 7. The minimum atomic E-state index is -2.03. The zero-order valence-corrected chi connectivity index (χ0v) is 22.7. The standard InChI is InChI=1S/C22H23N5O13S2/c1-2-6-4-41-18-10(25-16(33)9(26-38-3-8(28)29)7-5-42-22(23)24-7)17(34)27(18)11(6)20(37)40-21-14(32)12(30)13(31)15(39-21)19(35)36/h2,5,10,12-15,18,21,30-32H,1,3-4H2,(H2,23,24)(H,25,33)(H,28,29)(H,35,36)/b26-9-/t10-,12?,13?,14?,15?,18-,21?/m1/s1. The number of oxime groups is 1. The number of β-lactam (4-membered cyclic amide) rings is 1. The number of carboxylic acids is 2. The molecule has 8 N–H and O–H groups in total. The molecule has 0 saturated carbocycles. The van der Waals surface area contributed by atoms with Crippen molar-refractivity contribution >= 4 is 63.7 Å². The zero-order chi connectivity index (χ0) is 30.9. The van der Waals surface area contributed by atoms with Crippen molar-refractivity contribution in [3.63, 3.8) is 0 Å². The number of anilines is 1. The van der Waals surface area contributed by atoms with Crippen LogP contribution < -0.4 is 11.1 Å². The molecule has 2 amide bonds. The first-order valence-corrected chi connectivity index (χ1v) is 13.7. The fourth-order valence-corrected chi connectivity index (χ4v) is 5.95. The van der Waals surface area contributed by atoms with E-state index in [4.69, 9.17) is 20.3 Å². The van der Waals surface area contributed by atoms with Crippen LogP contribution in [0.1, 0.15) is 5.69 Å². The largest absolute Gasteiger partial charge is 0.479 e. The Morgan fingerprint density at radius 3 is 2.55 bits per heavy atom. The number of carbonyl (C=O) groups is 5. The molecule has 2 saturated heterocycles. The molecule has 1 aromatic rings. The number of carbonyl (C=O) groups excluding carboxylic acids is 3.